The summed E-state index contributed by atoms with van der Waals surface area (Å²) in [6, 6.07) is 6.31. The standard InChI is InChI=1S/C12H14N2OS/c1-8-3-9(2)5-10(4-8)6-12(15)11-7-13-16-14-11/h3-5,7,12,15H,6H2,1-2H3. The van der Waals surface area contributed by atoms with Gasteiger partial charge in [0.2, 0.25) is 0 Å². The third-order valence-corrected chi connectivity index (χ3v) is 2.92. The van der Waals surface area contributed by atoms with Crippen molar-refractivity contribution >= 4 is 11.7 Å². The van der Waals surface area contributed by atoms with Crippen LogP contribution in [0.1, 0.15) is 28.5 Å². The molecule has 16 heavy (non-hydrogen) atoms. The van der Waals surface area contributed by atoms with Gasteiger partial charge in [0, 0.05) is 6.42 Å². The molecule has 0 fully saturated rings. The molecule has 2 rings (SSSR count). The van der Waals surface area contributed by atoms with Crippen LogP contribution in [-0.4, -0.2) is 13.9 Å². The van der Waals surface area contributed by atoms with Gasteiger partial charge in [0.05, 0.1) is 17.9 Å². The zero-order chi connectivity index (χ0) is 11.5. The Hall–Kier alpha value is -1.26. The molecule has 0 aliphatic carbocycles. The minimum atomic E-state index is -0.556. The second-order valence-corrected chi connectivity index (χ2v) is 4.60. The van der Waals surface area contributed by atoms with E-state index in [1.165, 1.54) is 11.1 Å². The van der Waals surface area contributed by atoms with Crippen LogP contribution in [0.5, 0.6) is 0 Å². The van der Waals surface area contributed by atoms with Gasteiger partial charge in [-0.2, -0.15) is 8.75 Å². The molecule has 0 spiro atoms. The van der Waals surface area contributed by atoms with Crippen molar-refractivity contribution in [3.63, 3.8) is 0 Å². The summed E-state index contributed by atoms with van der Waals surface area (Å²) >= 11 is 1.12. The second-order valence-electron chi connectivity index (χ2n) is 4.05. The quantitative estimate of drug-likeness (QED) is 0.887. The summed E-state index contributed by atoms with van der Waals surface area (Å²) in [5.74, 6) is 0. The molecule has 0 bridgehead atoms. The maximum atomic E-state index is 9.95. The number of hydrogen-bond acceptors (Lipinski definition) is 4. The highest BCUT2D eigenvalue weighted by Crippen LogP contribution is 2.18. The summed E-state index contributed by atoms with van der Waals surface area (Å²) in [5, 5.41) is 9.95. The largest absolute Gasteiger partial charge is 0.386 e. The first kappa shape index (κ1) is 11.2. The molecule has 0 aliphatic heterocycles. The predicted octanol–water partition coefficient (Wildman–Crippen LogP) is 2.43. The van der Waals surface area contributed by atoms with Gasteiger partial charge in [-0.15, -0.1) is 0 Å². The third-order valence-electron chi connectivity index (χ3n) is 2.43. The van der Waals surface area contributed by atoms with Crippen molar-refractivity contribution < 1.29 is 5.11 Å². The number of aliphatic hydroxyl groups excluding tert-OH is 1. The lowest BCUT2D eigenvalue weighted by Crippen LogP contribution is -2.02. The summed E-state index contributed by atoms with van der Waals surface area (Å²) in [5.41, 5.74) is 4.24. The molecule has 0 saturated carbocycles. The minimum Gasteiger partial charge on any atom is -0.386 e. The number of nitrogens with zero attached hydrogens (tertiary/aromatic N) is 2. The molecule has 1 atom stereocenters. The van der Waals surface area contributed by atoms with Crippen LogP contribution in [0.4, 0.5) is 0 Å². The topological polar surface area (TPSA) is 46.0 Å². The van der Waals surface area contributed by atoms with E-state index in [2.05, 4.69) is 40.8 Å². The first-order chi connectivity index (χ1) is 7.65. The van der Waals surface area contributed by atoms with E-state index in [0.717, 1.165) is 17.3 Å². The molecule has 3 nitrogen and oxygen atoms in total. The van der Waals surface area contributed by atoms with Crippen LogP contribution < -0.4 is 0 Å². The van der Waals surface area contributed by atoms with Gasteiger partial charge in [0.1, 0.15) is 11.8 Å². The highest BCUT2D eigenvalue weighted by atomic mass is 32.1. The van der Waals surface area contributed by atoms with Crippen LogP contribution in [0.2, 0.25) is 0 Å². The summed E-state index contributed by atoms with van der Waals surface area (Å²) in [4.78, 5) is 0. The molecule has 84 valence electrons. The van der Waals surface area contributed by atoms with Crippen LogP contribution in [0.15, 0.2) is 24.4 Å². The summed E-state index contributed by atoms with van der Waals surface area (Å²) in [7, 11) is 0. The molecule has 0 saturated heterocycles. The van der Waals surface area contributed by atoms with Crippen LogP contribution >= 0.6 is 11.7 Å². The third kappa shape index (κ3) is 2.65. The number of aromatic nitrogens is 2. The summed E-state index contributed by atoms with van der Waals surface area (Å²) < 4.78 is 7.93. The van der Waals surface area contributed by atoms with Crippen molar-refractivity contribution in [2.45, 2.75) is 26.4 Å². The highest BCUT2D eigenvalue weighted by molar-refractivity contribution is 6.99. The number of rotatable bonds is 3. The molecule has 1 heterocycles. The van der Waals surface area contributed by atoms with E-state index in [1.54, 1.807) is 6.20 Å². The van der Waals surface area contributed by atoms with E-state index < -0.39 is 6.10 Å². The Morgan fingerprint density at radius 1 is 1.25 bits per heavy atom. The van der Waals surface area contributed by atoms with Gasteiger partial charge in [0.15, 0.2) is 0 Å². The zero-order valence-corrected chi connectivity index (χ0v) is 10.2. The van der Waals surface area contributed by atoms with Crippen molar-refractivity contribution in [2.24, 2.45) is 0 Å². The average molecular weight is 234 g/mol. The fraction of sp³-hybridized carbons (Fsp3) is 0.333. The molecular weight excluding hydrogens is 220 g/mol. The average Bonchev–Trinajstić information content (AvgIpc) is 2.68. The molecule has 2 aromatic rings. The maximum Gasteiger partial charge on any atom is 0.103 e. The van der Waals surface area contributed by atoms with E-state index in [4.69, 9.17) is 0 Å². The number of aliphatic hydroxyl groups is 1. The fourth-order valence-electron chi connectivity index (χ4n) is 1.83. The van der Waals surface area contributed by atoms with Gasteiger partial charge in [-0.05, 0) is 19.4 Å². The summed E-state index contributed by atoms with van der Waals surface area (Å²) in [6.07, 6.45) is 1.66. The van der Waals surface area contributed by atoms with Crippen molar-refractivity contribution in [3.05, 3.63) is 46.8 Å². The van der Waals surface area contributed by atoms with Gasteiger partial charge < -0.3 is 5.11 Å². The van der Waals surface area contributed by atoms with Crippen LogP contribution in [0, 0.1) is 13.8 Å². The Labute approximate surface area is 99.1 Å². The van der Waals surface area contributed by atoms with Crippen molar-refractivity contribution in [3.8, 4) is 0 Å². The van der Waals surface area contributed by atoms with Gasteiger partial charge in [-0.25, -0.2) is 0 Å². The molecule has 0 aliphatic rings. The normalized spacial score (nSPS) is 12.7. The lowest BCUT2D eigenvalue weighted by atomic mass is 10.0. The van der Waals surface area contributed by atoms with Gasteiger partial charge in [-0.1, -0.05) is 29.3 Å². The Morgan fingerprint density at radius 3 is 2.50 bits per heavy atom. The Kier molecular flexibility index (Phi) is 3.31. The van der Waals surface area contributed by atoms with Gasteiger partial charge in [-0.3, -0.25) is 0 Å². The minimum absolute atomic E-state index is 0.556. The maximum absolute atomic E-state index is 9.95. The van der Waals surface area contributed by atoms with E-state index in [1.807, 2.05) is 0 Å². The van der Waals surface area contributed by atoms with Crippen molar-refractivity contribution in [2.75, 3.05) is 0 Å². The molecule has 0 amide bonds. The Bertz CT molecular complexity index is 448. The lowest BCUT2D eigenvalue weighted by molar-refractivity contribution is 0.174. The molecule has 1 aromatic carbocycles. The lowest BCUT2D eigenvalue weighted by Gasteiger charge is -2.09. The SMILES string of the molecule is Cc1cc(C)cc(CC(O)c2cnsn2)c1. The number of benzene rings is 1. The Morgan fingerprint density at radius 2 is 1.94 bits per heavy atom. The Balaban J connectivity index is 2.15. The predicted molar refractivity (Wildman–Crippen MR) is 64.5 cm³/mol. The summed E-state index contributed by atoms with van der Waals surface area (Å²) in [6.45, 7) is 4.13. The monoisotopic (exact) mass is 234 g/mol. The van der Waals surface area contributed by atoms with Crippen LogP contribution in [0.3, 0.4) is 0 Å². The number of hydrogen-bond donors (Lipinski definition) is 1. The molecule has 1 aromatic heterocycles. The first-order valence-corrected chi connectivity index (χ1v) is 5.91. The fourth-order valence-corrected chi connectivity index (χ4v) is 2.30. The van der Waals surface area contributed by atoms with Crippen molar-refractivity contribution in [1.29, 1.82) is 0 Å². The smallest absolute Gasteiger partial charge is 0.103 e. The van der Waals surface area contributed by atoms with Gasteiger partial charge >= 0.3 is 0 Å². The van der Waals surface area contributed by atoms with Crippen LogP contribution in [-0.2, 0) is 6.42 Å². The highest BCUT2D eigenvalue weighted by Gasteiger charge is 2.11. The zero-order valence-electron chi connectivity index (χ0n) is 9.34. The van der Waals surface area contributed by atoms with E-state index >= 15 is 0 Å². The molecule has 4 heteroatoms. The van der Waals surface area contributed by atoms with E-state index in [9.17, 15) is 5.11 Å². The first-order valence-electron chi connectivity index (χ1n) is 5.18. The molecule has 0 radical (unpaired) electrons. The number of aryl methyl sites for hydroxylation is 2. The molecule has 1 unspecified atom stereocenters. The molecule has 1 N–H and O–H groups in total. The van der Waals surface area contributed by atoms with Crippen molar-refractivity contribution in [1.82, 2.24) is 8.75 Å². The van der Waals surface area contributed by atoms with Gasteiger partial charge in [0.25, 0.3) is 0 Å². The molecular formula is C12H14N2OS. The second kappa shape index (κ2) is 4.72. The van der Waals surface area contributed by atoms with E-state index in [0.29, 0.717) is 12.1 Å². The van der Waals surface area contributed by atoms with Crippen LogP contribution in [0.25, 0.3) is 0 Å². The van der Waals surface area contributed by atoms with E-state index in [-0.39, 0.29) is 0 Å².